The van der Waals surface area contributed by atoms with Gasteiger partial charge in [0.15, 0.2) is 5.60 Å². The van der Waals surface area contributed by atoms with Gasteiger partial charge in [-0.05, 0) is 43.7 Å². The normalized spacial score (nSPS) is 27.8. The van der Waals surface area contributed by atoms with Crippen molar-refractivity contribution in [3.8, 4) is 0 Å². The van der Waals surface area contributed by atoms with Gasteiger partial charge in [-0.2, -0.15) is 0 Å². The van der Waals surface area contributed by atoms with Crippen molar-refractivity contribution in [3.05, 3.63) is 30.1 Å². The van der Waals surface area contributed by atoms with Gasteiger partial charge in [-0.1, -0.05) is 0 Å². The summed E-state index contributed by atoms with van der Waals surface area (Å²) in [6.45, 7) is 2.52. The van der Waals surface area contributed by atoms with Gasteiger partial charge in [0.25, 0.3) is 5.91 Å². The molecule has 0 bridgehead atoms. The average Bonchev–Trinajstić information content (AvgIpc) is 2.44. The molecule has 3 rings (SSSR count). The molecule has 1 aromatic carbocycles. The summed E-state index contributed by atoms with van der Waals surface area (Å²) in [5.74, 6) is -0.309. The maximum atomic E-state index is 13.0. The largest absolute Gasteiger partial charge is 0.362 e. The summed E-state index contributed by atoms with van der Waals surface area (Å²) in [6, 6.07) is 6.04. The van der Waals surface area contributed by atoms with Gasteiger partial charge in [-0.15, -0.1) is 0 Å². The molecule has 2 fully saturated rings. The van der Waals surface area contributed by atoms with Gasteiger partial charge in [0.05, 0.1) is 6.61 Å². The first-order valence-electron chi connectivity index (χ1n) is 6.63. The standard InChI is InChI=1S/C14H17FN2O2/c15-11-2-4-12(5-3-11)17-8-9-19-14(13(17)18)6-1-7-16-10-14/h2-5,16H,1,6-10H2. The zero-order valence-electron chi connectivity index (χ0n) is 10.7. The lowest BCUT2D eigenvalue weighted by Crippen LogP contribution is -2.63. The van der Waals surface area contributed by atoms with Crippen molar-refractivity contribution < 1.29 is 13.9 Å². The van der Waals surface area contributed by atoms with Crippen molar-refractivity contribution in [1.82, 2.24) is 5.32 Å². The van der Waals surface area contributed by atoms with Crippen LogP contribution in [0.5, 0.6) is 0 Å². The second-order valence-electron chi connectivity index (χ2n) is 5.06. The van der Waals surface area contributed by atoms with Crippen LogP contribution in [0, 0.1) is 5.82 Å². The summed E-state index contributed by atoms with van der Waals surface area (Å²) in [5, 5.41) is 3.22. The third kappa shape index (κ3) is 2.24. The minimum Gasteiger partial charge on any atom is -0.362 e. The van der Waals surface area contributed by atoms with Gasteiger partial charge in [-0.25, -0.2) is 4.39 Å². The predicted octanol–water partition coefficient (Wildman–Crippen LogP) is 1.31. The van der Waals surface area contributed by atoms with E-state index in [0.717, 1.165) is 25.1 Å². The molecule has 0 radical (unpaired) electrons. The van der Waals surface area contributed by atoms with E-state index in [-0.39, 0.29) is 11.7 Å². The van der Waals surface area contributed by atoms with E-state index in [1.54, 1.807) is 17.0 Å². The number of rotatable bonds is 1. The molecule has 2 heterocycles. The number of ether oxygens (including phenoxy) is 1. The third-order valence-electron chi connectivity index (χ3n) is 3.81. The predicted molar refractivity (Wildman–Crippen MR) is 69.5 cm³/mol. The fraction of sp³-hybridized carbons (Fsp3) is 0.500. The molecule has 0 saturated carbocycles. The molecular weight excluding hydrogens is 247 g/mol. The number of amides is 1. The van der Waals surface area contributed by atoms with E-state index in [1.807, 2.05) is 0 Å². The molecule has 1 spiro atoms. The van der Waals surface area contributed by atoms with Crippen LogP contribution in [0.4, 0.5) is 10.1 Å². The summed E-state index contributed by atoms with van der Waals surface area (Å²) < 4.78 is 18.7. The van der Waals surface area contributed by atoms with Crippen LogP contribution in [0.25, 0.3) is 0 Å². The molecule has 1 amide bonds. The summed E-state index contributed by atoms with van der Waals surface area (Å²) in [6.07, 6.45) is 1.68. The topological polar surface area (TPSA) is 41.6 Å². The lowest BCUT2D eigenvalue weighted by molar-refractivity contribution is -0.152. The molecule has 2 aliphatic heterocycles. The molecule has 2 saturated heterocycles. The number of hydrogen-bond acceptors (Lipinski definition) is 3. The van der Waals surface area contributed by atoms with Crippen molar-refractivity contribution in [2.75, 3.05) is 31.1 Å². The number of nitrogens with zero attached hydrogens (tertiary/aromatic N) is 1. The number of morpholine rings is 1. The van der Waals surface area contributed by atoms with E-state index in [1.165, 1.54) is 12.1 Å². The maximum absolute atomic E-state index is 13.0. The SMILES string of the molecule is O=C1N(c2ccc(F)cc2)CCOC12CCCNC2. The van der Waals surface area contributed by atoms with Crippen molar-refractivity contribution in [3.63, 3.8) is 0 Å². The molecule has 0 aromatic heterocycles. The monoisotopic (exact) mass is 264 g/mol. The first kappa shape index (κ1) is 12.6. The van der Waals surface area contributed by atoms with E-state index in [2.05, 4.69) is 5.32 Å². The van der Waals surface area contributed by atoms with E-state index in [9.17, 15) is 9.18 Å². The molecule has 5 heteroatoms. The highest BCUT2D eigenvalue weighted by Crippen LogP contribution is 2.30. The van der Waals surface area contributed by atoms with Crippen LogP contribution in [0.15, 0.2) is 24.3 Å². The van der Waals surface area contributed by atoms with Gasteiger partial charge in [0.1, 0.15) is 5.82 Å². The van der Waals surface area contributed by atoms with Gasteiger partial charge in [-0.3, -0.25) is 4.79 Å². The molecule has 19 heavy (non-hydrogen) atoms. The van der Waals surface area contributed by atoms with Crippen LogP contribution in [0.2, 0.25) is 0 Å². The first-order valence-corrected chi connectivity index (χ1v) is 6.63. The van der Waals surface area contributed by atoms with E-state index in [4.69, 9.17) is 4.74 Å². The van der Waals surface area contributed by atoms with E-state index < -0.39 is 5.60 Å². The van der Waals surface area contributed by atoms with E-state index in [0.29, 0.717) is 19.7 Å². The van der Waals surface area contributed by atoms with Crippen LogP contribution in [-0.4, -0.2) is 37.7 Å². The van der Waals surface area contributed by atoms with E-state index >= 15 is 0 Å². The number of benzene rings is 1. The molecule has 4 nitrogen and oxygen atoms in total. The zero-order valence-corrected chi connectivity index (χ0v) is 10.7. The number of halogens is 1. The Morgan fingerprint density at radius 2 is 2.11 bits per heavy atom. The summed E-state index contributed by atoms with van der Waals surface area (Å²) in [4.78, 5) is 14.4. The quantitative estimate of drug-likeness (QED) is 0.831. The molecule has 1 N–H and O–H groups in total. The lowest BCUT2D eigenvalue weighted by atomic mass is 9.91. The number of piperidine rings is 1. The number of carbonyl (C=O) groups is 1. The Labute approximate surface area is 111 Å². The minimum absolute atomic E-state index is 0.0161. The van der Waals surface area contributed by atoms with Gasteiger partial charge < -0.3 is 15.0 Å². The molecule has 2 aliphatic rings. The maximum Gasteiger partial charge on any atom is 0.260 e. The second-order valence-corrected chi connectivity index (χ2v) is 5.06. The fourth-order valence-electron chi connectivity index (χ4n) is 2.79. The van der Waals surface area contributed by atoms with Crippen molar-refractivity contribution >= 4 is 11.6 Å². The average molecular weight is 264 g/mol. The van der Waals surface area contributed by atoms with Crippen LogP contribution >= 0.6 is 0 Å². The Balaban J connectivity index is 1.86. The highest BCUT2D eigenvalue weighted by molar-refractivity contribution is 6.00. The fourth-order valence-corrected chi connectivity index (χ4v) is 2.79. The summed E-state index contributed by atoms with van der Waals surface area (Å²) in [7, 11) is 0. The Kier molecular flexibility index (Phi) is 3.24. The molecular formula is C14H17FN2O2. The Bertz CT molecular complexity index is 463. The Morgan fingerprint density at radius 1 is 1.32 bits per heavy atom. The smallest absolute Gasteiger partial charge is 0.260 e. The number of anilines is 1. The first-order chi connectivity index (χ1) is 9.21. The molecule has 1 unspecified atom stereocenters. The highest BCUT2D eigenvalue weighted by Gasteiger charge is 2.46. The van der Waals surface area contributed by atoms with Crippen LogP contribution < -0.4 is 10.2 Å². The Hall–Kier alpha value is -1.46. The van der Waals surface area contributed by atoms with Gasteiger partial charge in [0.2, 0.25) is 0 Å². The van der Waals surface area contributed by atoms with Crippen molar-refractivity contribution in [1.29, 1.82) is 0 Å². The van der Waals surface area contributed by atoms with Crippen LogP contribution in [0.3, 0.4) is 0 Å². The van der Waals surface area contributed by atoms with Crippen molar-refractivity contribution in [2.24, 2.45) is 0 Å². The van der Waals surface area contributed by atoms with Crippen LogP contribution in [-0.2, 0) is 9.53 Å². The molecule has 0 aliphatic carbocycles. The molecule has 102 valence electrons. The highest BCUT2D eigenvalue weighted by atomic mass is 19.1. The third-order valence-corrected chi connectivity index (χ3v) is 3.81. The molecule has 1 atom stereocenters. The second kappa shape index (κ2) is 4.90. The number of hydrogen-bond donors (Lipinski definition) is 1. The minimum atomic E-state index is -0.731. The Morgan fingerprint density at radius 3 is 2.79 bits per heavy atom. The lowest BCUT2D eigenvalue weighted by Gasteiger charge is -2.43. The van der Waals surface area contributed by atoms with Gasteiger partial charge >= 0.3 is 0 Å². The van der Waals surface area contributed by atoms with Crippen molar-refractivity contribution in [2.45, 2.75) is 18.4 Å². The summed E-state index contributed by atoms with van der Waals surface area (Å²) in [5.41, 5.74) is 0.00452. The van der Waals surface area contributed by atoms with Gasteiger partial charge in [0, 0.05) is 18.8 Å². The number of carbonyl (C=O) groups excluding carboxylic acids is 1. The number of nitrogens with one attached hydrogen (secondary N) is 1. The summed E-state index contributed by atoms with van der Waals surface area (Å²) >= 11 is 0. The zero-order chi connectivity index (χ0) is 13.3. The van der Waals surface area contributed by atoms with Crippen LogP contribution in [0.1, 0.15) is 12.8 Å². The molecule has 1 aromatic rings.